The highest BCUT2D eigenvalue weighted by Gasteiger charge is 2.18. The Kier molecular flexibility index (Phi) is 6.61. The topological polar surface area (TPSA) is 102 Å². The van der Waals surface area contributed by atoms with E-state index in [1.165, 1.54) is 39.6 Å². The van der Waals surface area contributed by atoms with Crippen LogP contribution in [0.25, 0.3) is 0 Å². The minimum atomic E-state index is -1.17. The number of ether oxygens (including phenoxy) is 2. The molecule has 10 heteroatoms. The maximum atomic E-state index is 13.9. The number of anilines is 3. The van der Waals surface area contributed by atoms with E-state index in [-0.39, 0.29) is 35.1 Å². The zero-order chi connectivity index (χ0) is 20.0. The lowest BCUT2D eigenvalue weighted by Gasteiger charge is -2.15. The van der Waals surface area contributed by atoms with Crippen LogP contribution in [0, 0.1) is 11.6 Å². The monoisotopic (exact) mass is 380 g/mol. The summed E-state index contributed by atoms with van der Waals surface area (Å²) in [5, 5.41) is 7.74. The Hall–Kier alpha value is -3.27. The molecule has 0 bridgehead atoms. The van der Waals surface area contributed by atoms with Crippen LogP contribution in [0.5, 0.6) is 5.75 Å². The van der Waals surface area contributed by atoms with Crippen LogP contribution < -0.4 is 20.7 Å². The number of aromatic nitrogens is 1. The van der Waals surface area contributed by atoms with E-state index in [0.29, 0.717) is 0 Å². The van der Waals surface area contributed by atoms with E-state index >= 15 is 0 Å². The molecule has 1 aromatic heterocycles. The first kappa shape index (κ1) is 20.0. The first-order valence-corrected chi connectivity index (χ1v) is 7.71. The van der Waals surface area contributed by atoms with Crippen LogP contribution in [-0.2, 0) is 9.53 Å². The molecule has 0 aliphatic carbocycles. The summed E-state index contributed by atoms with van der Waals surface area (Å²) in [5.74, 6) is -3.40. The van der Waals surface area contributed by atoms with Crippen molar-refractivity contribution in [1.82, 2.24) is 10.3 Å². The molecule has 0 saturated heterocycles. The molecule has 2 aromatic rings. The van der Waals surface area contributed by atoms with Gasteiger partial charge in [-0.05, 0) is 12.1 Å². The van der Waals surface area contributed by atoms with E-state index in [4.69, 9.17) is 9.47 Å². The van der Waals surface area contributed by atoms with Gasteiger partial charge in [0.05, 0.1) is 24.0 Å². The van der Waals surface area contributed by atoms with Crippen LogP contribution in [0.3, 0.4) is 0 Å². The number of rotatable bonds is 7. The number of benzene rings is 1. The molecular formula is C17H18F2N4O4. The van der Waals surface area contributed by atoms with Gasteiger partial charge in [-0.2, -0.15) is 4.39 Å². The Labute approximate surface area is 153 Å². The highest BCUT2D eigenvalue weighted by Crippen LogP contribution is 2.33. The van der Waals surface area contributed by atoms with Crippen molar-refractivity contribution in [2.45, 2.75) is 0 Å². The zero-order valence-corrected chi connectivity index (χ0v) is 14.9. The van der Waals surface area contributed by atoms with Gasteiger partial charge < -0.3 is 25.4 Å². The lowest BCUT2D eigenvalue weighted by atomic mass is 10.2. The molecule has 27 heavy (non-hydrogen) atoms. The molecule has 1 aromatic carbocycles. The number of pyridine rings is 1. The van der Waals surface area contributed by atoms with E-state index < -0.39 is 23.4 Å². The van der Waals surface area contributed by atoms with Crippen molar-refractivity contribution in [3.05, 3.63) is 41.6 Å². The second kappa shape index (κ2) is 8.90. The first-order chi connectivity index (χ1) is 12.9. The van der Waals surface area contributed by atoms with Crippen LogP contribution >= 0.6 is 0 Å². The maximum absolute atomic E-state index is 13.9. The number of hydrogen-bond donors (Lipinski definition) is 3. The summed E-state index contributed by atoms with van der Waals surface area (Å²) in [6.07, 6.45) is 1.23. The second-order valence-electron chi connectivity index (χ2n) is 5.24. The average Bonchev–Trinajstić information content (AvgIpc) is 2.65. The number of carbonyl (C=O) groups is 2. The maximum Gasteiger partial charge on any atom is 0.254 e. The molecule has 144 valence electrons. The summed E-state index contributed by atoms with van der Waals surface area (Å²) in [6, 6.07) is 3.55. The molecule has 0 spiro atoms. The second-order valence-corrected chi connectivity index (χ2v) is 5.24. The van der Waals surface area contributed by atoms with Gasteiger partial charge in [-0.3, -0.25) is 9.59 Å². The summed E-state index contributed by atoms with van der Waals surface area (Å²) in [6.45, 7) is -0.182. The van der Waals surface area contributed by atoms with Gasteiger partial charge >= 0.3 is 0 Å². The Balaban J connectivity index is 2.45. The minimum absolute atomic E-state index is 0.0851. The van der Waals surface area contributed by atoms with Crippen molar-refractivity contribution in [2.75, 3.05) is 38.5 Å². The normalized spacial score (nSPS) is 10.3. The molecule has 0 fully saturated rings. The number of methoxy groups -OCH3 is 2. The van der Waals surface area contributed by atoms with Crippen molar-refractivity contribution < 1.29 is 27.8 Å². The van der Waals surface area contributed by atoms with E-state index in [2.05, 4.69) is 20.9 Å². The van der Waals surface area contributed by atoms with Gasteiger partial charge in [0, 0.05) is 26.4 Å². The number of halogens is 2. The highest BCUT2D eigenvalue weighted by atomic mass is 19.2. The number of nitrogens with zero attached hydrogens (tertiary/aromatic N) is 1. The number of nitrogens with one attached hydrogen (secondary N) is 3. The summed E-state index contributed by atoms with van der Waals surface area (Å²) >= 11 is 0. The molecule has 0 atom stereocenters. The van der Waals surface area contributed by atoms with Crippen LogP contribution in [-0.4, -0.2) is 44.7 Å². The molecule has 3 N–H and O–H groups in total. The fourth-order valence-electron chi connectivity index (χ4n) is 2.23. The number of hydrogen-bond acceptors (Lipinski definition) is 6. The minimum Gasteiger partial charge on any atom is -0.491 e. The van der Waals surface area contributed by atoms with Gasteiger partial charge in [0.2, 0.25) is 5.82 Å². The molecule has 8 nitrogen and oxygen atoms in total. The molecule has 0 radical (unpaired) electrons. The van der Waals surface area contributed by atoms with Gasteiger partial charge in [-0.1, -0.05) is 0 Å². The van der Waals surface area contributed by atoms with Crippen molar-refractivity contribution in [3.63, 3.8) is 0 Å². The average molecular weight is 380 g/mol. The smallest absolute Gasteiger partial charge is 0.254 e. The molecule has 0 aliphatic heterocycles. The van der Waals surface area contributed by atoms with Crippen LogP contribution in [0.15, 0.2) is 24.4 Å². The lowest BCUT2D eigenvalue weighted by molar-refractivity contribution is -0.119. The Morgan fingerprint density at radius 2 is 1.93 bits per heavy atom. The largest absolute Gasteiger partial charge is 0.491 e. The van der Waals surface area contributed by atoms with Crippen LogP contribution in [0.2, 0.25) is 0 Å². The lowest BCUT2D eigenvalue weighted by Crippen LogP contribution is -2.21. The molecular weight excluding hydrogens is 362 g/mol. The van der Waals surface area contributed by atoms with Crippen LogP contribution in [0.4, 0.5) is 26.0 Å². The number of carbonyl (C=O) groups excluding carboxylic acids is 2. The summed E-state index contributed by atoms with van der Waals surface area (Å²) in [7, 11) is 3.98. The summed E-state index contributed by atoms with van der Waals surface area (Å²) < 4.78 is 37.0. The third-order valence-corrected chi connectivity index (χ3v) is 3.44. The Morgan fingerprint density at radius 1 is 1.19 bits per heavy atom. The van der Waals surface area contributed by atoms with Gasteiger partial charge in [-0.25, -0.2) is 9.37 Å². The quantitative estimate of drug-likeness (QED) is 0.680. The third kappa shape index (κ3) is 4.67. The third-order valence-electron chi connectivity index (χ3n) is 3.44. The molecule has 1 heterocycles. The summed E-state index contributed by atoms with van der Waals surface area (Å²) in [4.78, 5) is 27.7. The van der Waals surface area contributed by atoms with Gasteiger partial charge in [0.15, 0.2) is 11.6 Å². The SMILES string of the molecule is CNC(=O)c1cnc(NC(=O)COC)cc1Nc1ccc(F)c(F)c1OC. The standard InChI is InChI=1S/C17H18F2N4O4/c1-20-17(25)9-7-21-13(23-14(24)8-26-2)6-12(9)22-11-5-4-10(18)15(19)16(11)27-3/h4-7H,8H2,1-3H3,(H,20,25)(H2,21,22,23,24). The molecule has 2 rings (SSSR count). The van der Waals surface area contributed by atoms with Crippen LogP contribution in [0.1, 0.15) is 10.4 Å². The predicted molar refractivity (Wildman–Crippen MR) is 94.3 cm³/mol. The van der Waals surface area contributed by atoms with E-state index in [1.807, 2.05) is 0 Å². The molecule has 2 amide bonds. The highest BCUT2D eigenvalue weighted by molar-refractivity contribution is 6.01. The zero-order valence-electron chi connectivity index (χ0n) is 14.9. The number of amides is 2. The van der Waals surface area contributed by atoms with Gasteiger partial charge in [-0.15, -0.1) is 0 Å². The predicted octanol–water partition coefficient (Wildman–Crippen LogP) is 2.06. The van der Waals surface area contributed by atoms with Gasteiger partial charge in [0.25, 0.3) is 11.8 Å². The van der Waals surface area contributed by atoms with Crippen molar-refractivity contribution in [1.29, 1.82) is 0 Å². The van der Waals surface area contributed by atoms with E-state index in [1.54, 1.807) is 0 Å². The van der Waals surface area contributed by atoms with E-state index in [9.17, 15) is 18.4 Å². The van der Waals surface area contributed by atoms with Crippen molar-refractivity contribution >= 4 is 29.0 Å². The van der Waals surface area contributed by atoms with Gasteiger partial charge in [0.1, 0.15) is 12.4 Å². The fourth-order valence-corrected chi connectivity index (χ4v) is 2.23. The van der Waals surface area contributed by atoms with Crippen molar-refractivity contribution in [2.24, 2.45) is 0 Å². The Bertz CT molecular complexity index is 861. The Morgan fingerprint density at radius 3 is 2.56 bits per heavy atom. The first-order valence-electron chi connectivity index (χ1n) is 7.71. The van der Waals surface area contributed by atoms with E-state index in [0.717, 1.165) is 6.07 Å². The molecule has 0 saturated carbocycles. The molecule has 0 unspecified atom stereocenters. The molecule has 0 aliphatic rings. The fraction of sp³-hybridized carbons (Fsp3) is 0.235. The summed E-state index contributed by atoms with van der Waals surface area (Å²) in [5.41, 5.74) is 0.400. The van der Waals surface area contributed by atoms with Crippen molar-refractivity contribution in [3.8, 4) is 5.75 Å².